The van der Waals surface area contributed by atoms with E-state index in [1.165, 1.54) is 0 Å². The summed E-state index contributed by atoms with van der Waals surface area (Å²) in [5.41, 5.74) is -2.14. The molecule has 0 radical (unpaired) electrons. The lowest BCUT2D eigenvalue weighted by molar-refractivity contribution is -0.137. The SMILES string of the molecule is Cc1cc(Cl)cc(C(NC(=O)c2nccc(C(F)(F)F)c2Cl)C2(O)CCC(F)CC2)c1. The molecule has 1 amide bonds. The summed E-state index contributed by atoms with van der Waals surface area (Å²) < 4.78 is 53.2. The fourth-order valence-electron chi connectivity index (χ4n) is 3.85. The highest BCUT2D eigenvalue weighted by Crippen LogP contribution is 2.41. The Morgan fingerprint density at radius 1 is 1.26 bits per heavy atom. The van der Waals surface area contributed by atoms with E-state index in [1.807, 2.05) is 0 Å². The summed E-state index contributed by atoms with van der Waals surface area (Å²) in [5, 5.41) is 13.4. The van der Waals surface area contributed by atoms with Crippen molar-refractivity contribution in [1.82, 2.24) is 10.3 Å². The molecule has 1 saturated carbocycles. The van der Waals surface area contributed by atoms with Crippen LogP contribution in [0, 0.1) is 6.92 Å². The summed E-state index contributed by atoms with van der Waals surface area (Å²) in [6.07, 6.45) is -4.72. The Balaban J connectivity index is 2.00. The molecule has 1 atom stereocenters. The zero-order chi connectivity index (χ0) is 23.0. The van der Waals surface area contributed by atoms with Gasteiger partial charge in [0, 0.05) is 11.2 Å². The predicted molar refractivity (Wildman–Crippen MR) is 109 cm³/mol. The second-order valence-electron chi connectivity index (χ2n) is 7.77. The fraction of sp³-hybridized carbons (Fsp3) is 0.429. The Kier molecular flexibility index (Phi) is 6.84. The largest absolute Gasteiger partial charge is 0.417 e. The Morgan fingerprint density at radius 3 is 2.48 bits per heavy atom. The van der Waals surface area contributed by atoms with Gasteiger partial charge in [-0.15, -0.1) is 0 Å². The summed E-state index contributed by atoms with van der Waals surface area (Å²) in [4.78, 5) is 16.6. The minimum atomic E-state index is -4.77. The summed E-state index contributed by atoms with van der Waals surface area (Å²) in [5.74, 6) is -0.991. The zero-order valence-corrected chi connectivity index (χ0v) is 18.0. The van der Waals surface area contributed by atoms with Crippen LogP contribution in [0.5, 0.6) is 0 Å². The van der Waals surface area contributed by atoms with Gasteiger partial charge in [-0.3, -0.25) is 4.79 Å². The van der Waals surface area contributed by atoms with Gasteiger partial charge in [-0.2, -0.15) is 13.2 Å². The fourth-order valence-corrected chi connectivity index (χ4v) is 4.45. The Morgan fingerprint density at radius 2 is 1.90 bits per heavy atom. The number of nitrogens with zero attached hydrogens (tertiary/aromatic N) is 1. The van der Waals surface area contributed by atoms with E-state index in [0.717, 1.165) is 11.8 Å². The molecular formula is C21H20Cl2F4N2O2. The van der Waals surface area contributed by atoms with Crippen molar-refractivity contribution in [1.29, 1.82) is 0 Å². The van der Waals surface area contributed by atoms with Gasteiger partial charge in [-0.05, 0) is 61.9 Å². The lowest BCUT2D eigenvalue weighted by atomic mass is 9.76. The van der Waals surface area contributed by atoms with Gasteiger partial charge < -0.3 is 10.4 Å². The van der Waals surface area contributed by atoms with Crippen molar-refractivity contribution >= 4 is 29.1 Å². The third-order valence-electron chi connectivity index (χ3n) is 5.40. The molecule has 1 aromatic heterocycles. The first-order chi connectivity index (χ1) is 14.4. The van der Waals surface area contributed by atoms with Crippen molar-refractivity contribution in [2.24, 2.45) is 0 Å². The molecule has 1 heterocycles. The van der Waals surface area contributed by atoms with Crippen LogP contribution >= 0.6 is 23.2 Å². The van der Waals surface area contributed by atoms with E-state index in [1.54, 1.807) is 25.1 Å². The van der Waals surface area contributed by atoms with Crippen LogP contribution in [-0.2, 0) is 6.18 Å². The van der Waals surface area contributed by atoms with E-state index in [9.17, 15) is 27.5 Å². The van der Waals surface area contributed by atoms with Gasteiger partial charge in [-0.1, -0.05) is 29.3 Å². The first-order valence-electron chi connectivity index (χ1n) is 9.57. The quantitative estimate of drug-likeness (QED) is 0.543. The highest BCUT2D eigenvalue weighted by atomic mass is 35.5. The number of hydrogen-bond acceptors (Lipinski definition) is 3. The van der Waals surface area contributed by atoms with Crippen molar-refractivity contribution in [3.05, 3.63) is 62.9 Å². The van der Waals surface area contributed by atoms with Crippen LogP contribution < -0.4 is 5.32 Å². The highest BCUT2D eigenvalue weighted by molar-refractivity contribution is 6.34. The maximum Gasteiger partial charge on any atom is 0.417 e. The molecule has 1 fully saturated rings. The van der Waals surface area contributed by atoms with E-state index in [2.05, 4.69) is 10.3 Å². The second-order valence-corrected chi connectivity index (χ2v) is 8.58. The number of halogens is 6. The van der Waals surface area contributed by atoms with E-state index >= 15 is 0 Å². The summed E-state index contributed by atoms with van der Waals surface area (Å²) in [6, 6.07) is 4.53. The number of carbonyl (C=O) groups is 1. The number of alkyl halides is 4. The molecule has 0 aliphatic heterocycles. The third-order valence-corrected chi connectivity index (χ3v) is 6.00. The molecule has 1 aliphatic rings. The molecule has 1 aromatic carbocycles. The van der Waals surface area contributed by atoms with Crippen molar-refractivity contribution in [3.8, 4) is 0 Å². The number of aryl methyl sites for hydroxylation is 1. The molecule has 2 aromatic rings. The molecule has 0 bridgehead atoms. The molecule has 4 nitrogen and oxygen atoms in total. The smallest absolute Gasteiger partial charge is 0.387 e. The zero-order valence-electron chi connectivity index (χ0n) is 16.4. The molecule has 31 heavy (non-hydrogen) atoms. The first-order valence-corrected chi connectivity index (χ1v) is 10.3. The molecule has 10 heteroatoms. The summed E-state index contributed by atoms with van der Waals surface area (Å²) in [7, 11) is 0. The van der Waals surface area contributed by atoms with E-state index in [0.29, 0.717) is 16.7 Å². The van der Waals surface area contributed by atoms with E-state index < -0.39 is 46.2 Å². The number of hydrogen-bond donors (Lipinski definition) is 2. The molecule has 0 saturated heterocycles. The predicted octanol–water partition coefficient (Wildman–Crippen LogP) is 5.83. The average Bonchev–Trinajstić information content (AvgIpc) is 2.66. The van der Waals surface area contributed by atoms with Gasteiger partial charge in [0.1, 0.15) is 11.9 Å². The van der Waals surface area contributed by atoms with E-state index in [-0.39, 0.29) is 25.7 Å². The van der Waals surface area contributed by atoms with Crippen molar-refractivity contribution in [3.63, 3.8) is 0 Å². The Labute approximate surface area is 186 Å². The van der Waals surface area contributed by atoms with Gasteiger partial charge in [0.15, 0.2) is 0 Å². The summed E-state index contributed by atoms with van der Waals surface area (Å²) >= 11 is 12.0. The normalized spacial score (nSPS) is 22.8. The third kappa shape index (κ3) is 5.30. The van der Waals surface area contributed by atoms with Gasteiger partial charge in [0.2, 0.25) is 0 Å². The maximum absolute atomic E-state index is 13.7. The van der Waals surface area contributed by atoms with Crippen molar-refractivity contribution in [2.45, 2.75) is 56.6 Å². The number of aromatic nitrogens is 1. The Hall–Kier alpha value is -1.90. The lowest BCUT2D eigenvalue weighted by Crippen LogP contribution is -2.48. The van der Waals surface area contributed by atoms with Crippen LogP contribution in [0.2, 0.25) is 10.0 Å². The maximum atomic E-state index is 13.7. The number of rotatable bonds is 4. The molecule has 0 spiro atoms. The monoisotopic (exact) mass is 478 g/mol. The summed E-state index contributed by atoms with van der Waals surface area (Å²) in [6.45, 7) is 1.77. The molecule has 1 unspecified atom stereocenters. The van der Waals surface area contributed by atoms with Gasteiger partial charge >= 0.3 is 6.18 Å². The standard InChI is InChI=1S/C21H20Cl2F4N2O2/c1-11-8-12(10-13(22)9-11)18(20(31)5-2-14(24)3-6-20)29-19(30)17-16(23)15(4-7-28-17)21(25,26)27/h4,7-10,14,18,31H,2-3,5-6H2,1H3,(H,29,30). The number of carbonyl (C=O) groups excluding carboxylic acids is 1. The molecule has 168 valence electrons. The van der Waals surface area contributed by atoms with Gasteiger partial charge in [0.05, 0.1) is 22.2 Å². The van der Waals surface area contributed by atoms with Crippen LogP contribution in [0.3, 0.4) is 0 Å². The molecule has 3 rings (SSSR count). The molecular weight excluding hydrogens is 459 g/mol. The van der Waals surface area contributed by atoms with Crippen LogP contribution in [0.1, 0.15) is 58.9 Å². The minimum absolute atomic E-state index is 0.0500. The number of amides is 1. The van der Waals surface area contributed by atoms with Crippen LogP contribution in [-0.4, -0.2) is 27.8 Å². The highest BCUT2D eigenvalue weighted by Gasteiger charge is 2.43. The number of pyridine rings is 1. The van der Waals surface area contributed by atoms with Gasteiger partial charge in [0.25, 0.3) is 5.91 Å². The molecule has 2 N–H and O–H groups in total. The Bertz CT molecular complexity index is 956. The van der Waals surface area contributed by atoms with E-state index in [4.69, 9.17) is 23.2 Å². The van der Waals surface area contributed by atoms with Crippen LogP contribution in [0.4, 0.5) is 17.6 Å². The first kappa shape index (κ1) is 23.8. The number of nitrogens with one attached hydrogen (secondary N) is 1. The average molecular weight is 479 g/mol. The number of aliphatic hydroxyl groups is 1. The lowest BCUT2D eigenvalue weighted by Gasteiger charge is -2.40. The number of benzene rings is 1. The van der Waals surface area contributed by atoms with Crippen LogP contribution in [0.25, 0.3) is 0 Å². The molecule has 1 aliphatic carbocycles. The second kappa shape index (κ2) is 8.92. The minimum Gasteiger partial charge on any atom is -0.387 e. The topological polar surface area (TPSA) is 62.2 Å². The van der Waals surface area contributed by atoms with Crippen molar-refractivity contribution in [2.75, 3.05) is 0 Å². The van der Waals surface area contributed by atoms with Gasteiger partial charge in [-0.25, -0.2) is 9.37 Å². The van der Waals surface area contributed by atoms with Crippen LogP contribution in [0.15, 0.2) is 30.5 Å². The van der Waals surface area contributed by atoms with Crippen molar-refractivity contribution < 1.29 is 27.5 Å².